The third-order valence-corrected chi connectivity index (χ3v) is 26.3. The van der Waals surface area contributed by atoms with E-state index in [4.69, 9.17) is 66.2 Å². The van der Waals surface area contributed by atoms with Gasteiger partial charge in [-0.1, -0.05) is 216 Å². The molecule has 34 heteroatoms. The number of halogens is 4. The number of nitrogens with one attached hydrogen (secondary N) is 5. The van der Waals surface area contributed by atoms with Gasteiger partial charge in [-0.05, 0) is 70.8 Å². The monoisotopic (exact) mass is 1860 g/mol. The highest BCUT2D eigenvalue weighted by atomic mass is 35.5. The Morgan fingerprint density at radius 2 is 0.764 bits per heavy atom. The average Bonchev–Trinajstić information content (AvgIpc) is 1.71. The number of likely N-dealkylation sites (tertiary alicyclic amines) is 2. The Morgan fingerprint density at radius 1 is 0.433 bits per heavy atom. The Morgan fingerprint density at radius 3 is 1.09 bits per heavy atom. The van der Waals surface area contributed by atoms with Gasteiger partial charge in [0.1, 0.15) is 55.2 Å². The van der Waals surface area contributed by atoms with Gasteiger partial charge in [0.15, 0.2) is 34.6 Å². The van der Waals surface area contributed by atoms with Crippen molar-refractivity contribution in [3.8, 4) is 44.5 Å². The molecule has 8 aromatic carbocycles. The molecule has 0 radical (unpaired) electrons. The predicted octanol–water partition coefficient (Wildman–Crippen LogP) is 20.3. The average molecular weight is 1860 g/mol. The topological polar surface area (TPSA) is 358 Å². The zero-order chi connectivity index (χ0) is 88.6. The predicted molar refractivity (Wildman–Crippen MR) is 514 cm³/mol. The summed E-state index contributed by atoms with van der Waals surface area (Å²) >= 11 is 32.5. The quantitative estimate of drug-likeness (QED) is 0.0236. The number of anilines is 8. The van der Waals surface area contributed by atoms with E-state index in [0.29, 0.717) is 110 Å². The smallest absolute Gasteiger partial charge is 0.323 e. The van der Waals surface area contributed by atoms with Crippen molar-refractivity contribution < 1.29 is 59.9 Å². The van der Waals surface area contributed by atoms with Crippen LogP contribution in [0.25, 0.3) is 85.4 Å². The lowest BCUT2D eigenvalue weighted by Crippen LogP contribution is -2.36. The number of rotatable bonds is 21. The molecule has 0 bridgehead atoms. The lowest BCUT2D eigenvalue weighted by atomic mass is 10.1. The van der Waals surface area contributed by atoms with Crippen LogP contribution in [-0.2, 0) is 43.6 Å². The molecule has 0 saturated carbocycles. The largest absolute Gasteiger partial charge is 0.480 e. The van der Waals surface area contributed by atoms with E-state index in [0.717, 1.165) is 113 Å². The Kier molecular flexibility index (Phi) is 29.8. The van der Waals surface area contributed by atoms with Gasteiger partial charge in [0.2, 0.25) is 0 Å². The van der Waals surface area contributed by atoms with Gasteiger partial charge in [-0.3, -0.25) is 29.0 Å². The highest BCUT2D eigenvalue weighted by Crippen LogP contribution is 2.43. The number of aldehydes is 1. The van der Waals surface area contributed by atoms with Crippen molar-refractivity contribution in [2.45, 2.75) is 75.4 Å². The molecule has 16 aromatic rings. The maximum Gasteiger partial charge on any atom is 0.323 e. The van der Waals surface area contributed by atoms with Gasteiger partial charge in [0.25, 0.3) is 0 Å². The summed E-state index contributed by atoms with van der Waals surface area (Å²) in [6.07, 6.45) is 7.06. The van der Waals surface area contributed by atoms with Crippen LogP contribution in [0.1, 0.15) is 49.8 Å². The fourth-order valence-corrected chi connectivity index (χ4v) is 19.4. The normalized spacial score (nSPS) is 16.6. The molecule has 127 heavy (non-hydrogen) atoms. The van der Waals surface area contributed by atoms with Crippen LogP contribution in [0, 0.1) is 0 Å². The number of fused-ring (bicyclic) bond motifs is 4. The van der Waals surface area contributed by atoms with E-state index < -0.39 is 36.4 Å². The van der Waals surface area contributed by atoms with Crippen LogP contribution in [0.5, 0.6) is 0 Å². The highest BCUT2D eigenvalue weighted by molar-refractivity contribution is 7.20. The molecule has 6 atom stereocenters. The number of pyridine rings is 4. The number of aliphatic hydroxyl groups excluding tert-OH is 4. The number of carboxylic acids is 1. The molecule has 8 aromatic heterocycles. The number of β-amino-alcohol motifs (C(OH)–C–C–N with tert-alkyl or cyclic N) is 3. The third-order valence-electron chi connectivity index (χ3n) is 20.8. The number of methoxy groups -OCH3 is 2. The SMILES string of the molecule is COC(=O)[C@@H]1C[C@H](O)CN1.COC(=O)[C@@H]1C[C@H](O)CN1Cc1nc2c(Nc3cccc(-c4ccccc4)c3Cl)nccc2s1.O=C(O)[C@@H]1C[C@H](O)CN1Cc1nc2c(Nc3cccc(-c4ccccc4)c3Cl)nccc2s1.O=Cc1nc2c(Nc3cccc(-c4ccccc4)c3Cl)nccc2s1.OCc1nc2c(Nc3cccc(-c4ccccc4)c3Cl)nccc2s1.[HH].[HH].[HH].[HH]. The number of carboxylic acid groups (broad SMARTS) is 1. The molecular formula is C93H89Cl4N15O11S4. The van der Waals surface area contributed by atoms with Crippen molar-refractivity contribution >= 4 is 203 Å². The first kappa shape index (κ1) is 89.9. The van der Waals surface area contributed by atoms with Gasteiger partial charge in [-0.2, -0.15) is 0 Å². The molecule has 0 spiro atoms. The number of aliphatic hydroxyl groups is 4. The van der Waals surface area contributed by atoms with Gasteiger partial charge in [-0.15, -0.1) is 45.3 Å². The number of esters is 2. The van der Waals surface area contributed by atoms with Crippen LogP contribution < -0.4 is 26.6 Å². The number of aromatic nitrogens is 8. The van der Waals surface area contributed by atoms with E-state index in [1.807, 2.05) is 223 Å². The Balaban J connectivity index is 0.000000162. The minimum Gasteiger partial charge on any atom is -0.480 e. The molecule has 3 saturated heterocycles. The highest BCUT2D eigenvalue weighted by Gasteiger charge is 2.39. The molecule has 654 valence electrons. The molecule has 0 amide bonds. The molecule has 3 aliphatic rings. The number of carbonyl (C=O) groups excluding carboxylic acids is 3. The van der Waals surface area contributed by atoms with Gasteiger partial charge >= 0.3 is 17.9 Å². The molecule has 19 rings (SSSR count). The van der Waals surface area contributed by atoms with Crippen LogP contribution in [0.3, 0.4) is 0 Å². The van der Waals surface area contributed by atoms with Crippen molar-refractivity contribution in [2.75, 3.05) is 55.1 Å². The van der Waals surface area contributed by atoms with E-state index in [-0.39, 0.29) is 36.7 Å². The summed E-state index contributed by atoms with van der Waals surface area (Å²) in [5.74, 6) is 0.835. The van der Waals surface area contributed by atoms with Gasteiger partial charge in [0, 0.05) is 91.6 Å². The molecular weight excluding hydrogens is 1770 g/mol. The summed E-state index contributed by atoms with van der Waals surface area (Å²) in [5.41, 5.74) is 13.7. The number of ether oxygens (including phenoxy) is 2. The van der Waals surface area contributed by atoms with Crippen molar-refractivity contribution in [1.29, 1.82) is 0 Å². The van der Waals surface area contributed by atoms with E-state index in [1.54, 1.807) is 29.7 Å². The number of benzene rings is 8. The summed E-state index contributed by atoms with van der Waals surface area (Å²) in [4.78, 5) is 85.1. The summed E-state index contributed by atoms with van der Waals surface area (Å²) in [6, 6.07) is 69.2. The minimum absolute atomic E-state index is 0. The summed E-state index contributed by atoms with van der Waals surface area (Å²) in [7, 11) is 2.71. The van der Waals surface area contributed by atoms with E-state index >= 15 is 0 Å². The number of aliphatic carboxylic acids is 1. The zero-order valence-electron chi connectivity index (χ0n) is 67.8. The Labute approximate surface area is 770 Å². The van der Waals surface area contributed by atoms with Crippen LogP contribution in [0.2, 0.25) is 20.1 Å². The first-order chi connectivity index (χ1) is 61.8. The minimum atomic E-state index is -0.926. The number of hydrogen-bond donors (Lipinski definition) is 10. The molecule has 10 N–H and O–H groups in total. The summed E-state index contributed by atoms with van der Waals surface area (Å²) < 4.78 is 13.1. The number of thiazole rings is 4. The maximum absolute atomic E-state index is 12.1. The fourth-order valence-electron chi connectivity index (χ4n) is 14.7. The standard InChI is InChI=1S/C25H23ClN4O3S.C24H21ClN4O3S.C19H14ClN3OS.C19H12ClN3OS.C6H11NO3.4H2/c1-33-25(32)19-12-16(31)13-30(19)14-21-29-23-20(34-21)10-11-27-24(23)28-18-9-5-8-17(22(18)26)15-6-3-2-4-7-15;25-21-16(14-5-2-1-3-6-14)7-4-8-17(21)27-23-22-19(9-10-26-23)33-20(28-22)13-29-12-15(30)11-18(29)24(31)32;2*20-17-13(12-5-2-1-3-6-12)7-4-8-14(17)22-19-18-15(9-10-21-19)25-16(11-24)23-18;1-10-6(9)5-2-4(8)3-7-5;;;;/h2-11,16,19,31H,12-14H2,1H3,(H,27,28);1-10,15,18,30H,11-13H2,(H,26,27)(H,31,32);1-10,24H,11H2,(H,21,22);1-11H,(H,21,22);4-5,7-8H,2-3H2,1H3;4*1H/t16-,19-;15-,18-;;;4-,5-;;;;/m00..0..../s1. The van der Waals surface area contributed by atoms with Crippen molar-refractivity contribution in [1.82, 2.24) is 55.0 Å². The molecule has 26 nitrogen and oxygen atoms in total. The number of hydrogen-bond acceptors (Lipinski definition) is 29. The van der Waals surface area contributed by atoms with Crippen molar-refractivity contribution in [2.24, 2.45) is 0 Å². The van der Waals surface area contributed by atoms with Crippen molar-refractivity contribution in [3.05, 3.63) is 283 Å². The Bertz CT molecular complexity index is 6600. The Hall–Kier alpha value is -11.9. The zero-order valence-corrected chi connectivity index (χ0v) is 74.1. The van der Waals surface area contributed by atoms with Gasteiger partial charge < -0.3 is 61.6 Å². The molecule has 0 unspecified atom stereocenters. The summed E-state index contributed by atoms with van der Waals surface area (Å²) in [5, 5.41) is 68.9. The third kappa shape index (κ3) is 21.7. The van der Waals surface area contributed by atoms with Crippen LogP contribution in [-0.4, -0.2) is 170 Å². The number of carbonyl (C=O) groups is 4. The first-order valence-corrected chi connectivity index (χ1v) is 44.7. The van der Waals surface area contributed by atoms with E-state index in [9.17, 15) is 39.6 Å². The number of nitrogens with zero attached hydrogens (tertiary/aromatic N) is 10. The molecule has 0 aliphatic carbocycles. The second-order valence-electron chi connectivity index (χ2n) is 29.2. The lowest BCUT2D eigenvalue weighted by Gasteiger charge is -2.20. The van der Waals surface area contributed by atoms with Gasteiger partial charge in [-0.25, -0.2) is 39.9 Å². The molecule has 11 heterocycles. The second-order valence-corrected chi connectivity index (χ2v) is 35.1. The first-order valence-electron chi connectivity index (χ1n) is 39.9. The van der Waals surface area contributed by atoms with Gasteiger partial charge in [0.05, 0.1) is 114 Å². The van der Waals surface area contributed by atoms with Crippen LogP contribution >= 0.6 is 91.8 Å². The lowest BCUT2D eigenvalue weighted by molar-refractivity contribution is -0.146. The molecule has 3 fully saturated rings. The van der Waals surface area contributed by atoms with E-state index in [2.05, 4.69) is 61.2 Å². The van der Waals surface area contributed by atoms with Crippen molar-refractivity contribution in [3.63, 3.8) is 0 Å². The molecule has 3 aliphatic heterocycles. The van der Waals surface area contributed by atoms with E-state index in [1.165, 1.54) is 59.6 Å². The summed E-state index contributed by atoms with van der Waals surface area (Å²) in [6.45, 7) is 1.93. The van der Waals surface area contributed by atoms with Crippen LogP contribution in [0.15, 0.2) is 243 Å². The maximum atomic E-state index is 12.1. The van der Waals surface area contributed by atoms with Crippen LogP contribution in [0.4, 0.5) is 46.0 Å². The second kappa shape index (κ2) is 42.1. The fraction of sp³-hybridized carbons (Fsp3) is 0.183.